The molecule has 0 unspecified atom stereocenters. The number of aromatic nitrogens is 2. The van der Waals surface area contributed by atoms with Crippen LogP contribution in [0.1, 0.15) is 30.6 Å². The lowest BCUT2D eigenvalue weighted by molar-refractivity contribution is -0.199. The van der Waals surface area contributed by atoms with Crippen LogP contribution in [0.5, 0.6) is 0 Å². The minimum absolute atomic E-state index is 0.0271. The first-order valence-corrected chi connectivity index (χ1v) is 6.58. The molecule has 1 aromatic rings. The summed E-state index contributed by atoms with van der Waals surface area (Å²) in [5.74, 6) is -1.41. The van der Waals surface area contributed by atoms with Gasteiger partial charge >= 0.3 is 0 Å². The standard InChI is InChI=1S/C12H18N4O5/c1-12(2)20-7-5(3-17)19-11(8(7)21-12)16-4-15-6(9(16)13)10(14)18/h4-5,7-8,11,17H,3,13H2,1-2H3,(H2,14,18)/t5-,7+,8+,11-/m1/s1. The largest absolute Gasteiger partial charge is 0.394 e. The maximum atomic E-state index is 11.2. The number of primary amides is 1. The van der Waals surface area contributed by atoms with Crippen LogP contribution < -0.4 is 11.5 Å². The molecule has 21 heavy (non-hydrogen) atoms. The molecule has 3 heterocycles. The van der Waals surface area contributed by atoms with Crippen molar-refractivity contribution < 1.29 is 24.1 Å². The molecule has 3 rings (SSSR count). The highest BCUT2D eigenvalue weighted by atomic mass is 16.8. The molecule has 0 aliphatic carbocycles. The van der Waals surface area contributed by atoms with Crippen molar-refractivity contribution in [2.24, 2.45) is 5.73 Å². The lowest BCUT2D eigenvalue weighted by Crippen LogP contribution is -2.31. The Kier molecular flexibility index (Phi) is 3.17. The molecule has 0 spiro atoms. The minimum atomic E-state index is -0.785. The Bertz CT molecular complexity index is 572. The molecule has 5 N–H and O–H groups in total. The average molecular weight is 298 g/mol. The number of hydrogen-bond acceptors (Lipinski definition) is 7. The number of aliphatic hydroxyl groups is 1. The number of nitrogens with two attached hydrogens (primary N) is 2. The molecular weight excluding hydrogens is 280 g/mol. The van der Waals surface area contributed by atoms with Crippen LogP contribution in [0.3, 0.4) is 0 Å². The molecule has 0 radical (unpaired) electrons. The van der Waals surface area contributed by atoms with Gasteiger partial charge in [-0.3, -0.25) is 9.36 Å². The number of hydrogen-bond donors (Lipinski definition) is 3. The van der Waals surface area contributed by atoms with Crippen LogP contribution in [-0.4, -0.2) is 51.3 Å². The molecule has 9 heteroatoms. The number of amides is 1. The Balaban J connectivity index is 1.94. The van der Waals surface area contributed by atoms with E-state index in [2.05, 4.69) is 4.98 Å². The average Bonchev–Trinajstić information content (AvgIpc) is 3.00. The molecule has 2 saturated heterocycles. The van der Waals surface area contributed by atoms with Crippen LogP contribution in [0.25, 0.3) is 0 Å². The Hall–Kier alpha value is -1.68. The van der Waals surface area contributed by atoms with Crippen LogP contribution in [0.15, 0.2) is 6.33 Å². The van der Waals surface area contributed by atoms with Crippen molar-refractivity contribution >= 4 is 11.7 Å². The van der Waals surface area contributed by atoms with Crippen molar-refractivity contribution in [3.63, 3.8) is 0 Å². The third kappa shape index (κ3) is 2.18. The second-order valence-corrected chi connectivity index (χ2v) is 5.56. The van der Waals surface area contributed by atoms with Gasteiger partial charge in [-0.15, -0.1) is 0 Å². The third-order valence-corrected chi connectivity index (χ3v) is 3.64. The van der Waals surface area contributed by atoms with E-state index in [9.17, 15) is 9.90 Å². The summed E-state index contributed by atoms with van der Waals surface area (Å²) in [6, 6.07) is 0. The van der Waals surface area contributed by atoms with Crippen LogP contribution in [0.2, 0.25) is 0 Å². The first kappa shape index (κ1) is 14.3. The van der Waals surface area contributed by atoms with E-state index in [4.69, 9.17) is 25.7 Å². The number of anilines is 1. The van der Waals surface area contributed by atoms with Gasteiger partial charge in [0.1, 0.15) is 24.1 Å². The van der Waals surface area contributed by atoms with Crippen molar-refractivity contribution in [1.29, 1.82) is 0 Å². The highest BCUT2D eigenvalue weighted by Crippen LogP contribution is 2.43. The highest BCUT2D eigenvalue weighted by Gasteiger charge is 2.56. The van der Waals surface area contributed by atoms with E-state index in [1.807, 2.05) is 0 Å². The monoisotopic (exact) mass is 298 g/mol. The second-order valence-electron chi connectivity index (χ2n) is 5.56. The molecule has 116 valence electrons. The summed E-state index contributed by atoms with van der Waals surface area (Å²) in [5, 5.41) is 9.42. The Labute approximate surface area is 120 Å². The van der Waals surface area contributed by atoms with Gasteiger partial charge in [0.15, 0.2) is 17.7 Å². The van der Waals surface area contributed by atoms with Gasteiger partial charge in [-0.05, 0) is 13.8 Å². The van der Waals surface area contributed by atoms with Crippen molar-refractivity contribution in [3.05, 3.63) is 12.0 Å². The maximum Gasteiger partial charge on any atom is 0.271 e. The van der Waals surface area contributed by atoms with E-state index in [1.165, 1.54) is 10.9 Å². The van der Waals surface area contributed by atoms with Crippen molar-refractivity contribution in [1.82, 2.24) is 9.55 Å². The summed E-state index contributed by atoms with van der Waals surface area (Å²) >= 11 is 0. The molecule has 0 aromatic carbocycles. The normalized spacial score (nSPS) is 34.0. The highest BCUT2D eigenvalue weighted by molar-refractivity contribution is 5.95. The molecular formula is C12H18N4O5. The zero-order valence-corrected chi connectivity index (χ0v) is 11.7. The second kappa shape index (κ2) is 4.67. The van der Waals surface area contributed by atoms with Gasteiger partial charge in [0.25, 0.3) is 5.91 Å². The molecule has 2 aliphatic rings. The summed E-state index contributed by atoms with van der Waals surface area (Å²) in [5.41, 5.74) is 11.1. The van der Waals surface area contributed by atoms with E-state index in [0.717, 1.165) is 0 Å². The van der Waals surface area contributed by atoms with Crippen molar-refractivity contribution in [2.45, 2.75) is 44.2 Å². The summed E-state index contributed by atoms with van der Waals surface area (Å²) in [6.45, 7) is 3.35. The van der Waals surface area contributed by atoms with E-state index in [0.29, 0.717) is 0 Å². The van der Waals surface area contributed by atoms with Gasteiger partial charge < -0.3 is 30.8 Å². The number of nitrogen functional groups attached to an aromatic ring is 1. The van der Waals surface area contributed by atoms with E-state index >= 15 is 0 Å². The predicted octanol–water partition coefficient (Wildman–Crippen LogP) is -1.03. The van der Waals surface area contributed by atoms with Crippen molar-refractivity contribution in [2.75, 3.05) is 12.3 Å². The zero-order chi connectivity index (χ0) is 15.4. The molecule has 9 nitrogen and oxygen atoms in total. The fraction of sp³-hybridized carbons (Fsp3) is 0.667. The van der Waals surface area contributed by atoms with E-state index in [-0.39, 0.29) is 18.1 Å². The quantitative estimate of drug-likeness (QED) is 0.649. The van der Waals surface area contributed by atoms with Crippen LogP contribution >= 0.6 is 0 Å². The number of carbonyl (C=O) groups excluding carboxylic acids is 1. The van der Waals surface area contributed by atoms with Crippen LogP contribution in [0.4, 0.5) is 5.82 Å². The predicted molar refractivity (Wildman–Crippen MR) is 70.0 cm³/mol. The molecule has 4 atom stereocenters. The number of nitrogens with zero attached hydrogens (tertiary/aromatic N) is 2. The lowest BCUT2D eigenvalue weighted by atomic mass is 10.1. The Morgan fingerprint density at radius 1 is 1.48 bits per heavy atom. The van der Waals surface area contributed by atoms with Crippen molar-refractivity contribution in [3.8, 4) is 0 Å². The fourth-order valence-electron chi connectivity index (χ4n) is 2.79. The topological polar surface area (TPSA) is 135 Å². The first-order valence-electron chi connectivity index (χ1n) is 6.58. The Morgan fingerprint density at radius 3 is 2.71 bits per heavy atom. The van der Waals surface area contributed by atoms with Crippen LogP contribution in [-0.2, 0) is 14.2 Å². The molecule has 1 aromatic heterocycles. The van der Waals surface area contributed by atoms with Gasteiger partial charge in [0.2, 0.25) is 0 Å². The molecule has 0 bridgehead atoms. The summed E-state index contributed by atoms with van der Waals surface area (Å²) in [6.07, 6.45) is -0.704. The molecule has 0 saturated carbocycles. The summed E-state index contributed by atoms with van der Waals surface area (Å²) in [4.78, 5) is 15.1. The van der Waals surface area contributed by atoms with Gasteiger partial charge in [0.05, 0.1) is 12.9 Å². The summed E-state index contributed by atoms with van der Waals surface area (Å²) < 4.78 is 18.8. The number of ether oxygens (including phenoxy) is 3. The zero-order valence-electron chi connectivity index (χ0n) is 11.7. The maximum absolute atomic E-state index is 11.2. The minimum Gasteiger partial charge on any atom is -0.394 e. The van der Waals surface area contributed by atoms with E-state index in [1.54, 1.807) is 13.8 Å². The SMILES string of the molecule is CC1(C)O[C@@H]2[C@H](O1)[C@H](n1cnc(C(N)=O)c1N)O[C@@H]2CO. The van der Waals surface area contributed by atoms with Crippen LogP contribution in [0, 0.1) is 0 Å². The number of rotatable bonds is 3. The van der Waals surface area contributed by atoms with Gasteiger partial charge in [-0.2, -0.15) is 0 Å². The molecule has 2 fully saturated rings. The lowest BCUT2D eigenvalue weighted by Gasteiger charge is -2.24. The van der Waals surface area contributed by atoms with Gasteiger partial charge in [-0.1, -0.05) is 0 Å². The number of imidazole rings is 1. The number of carbonyl (C=O) groups is 1. The summed E-state index contributed by atoms with van der Waals surface area (Å²) in [7, 11) is 0. The van der Waals surface area contributed by atoms with Gasteiger partial charge in [-0.25, -0.2) is 4.98 Å². The fourth-order valence-corrected chi connectivity index (χ4v) is 2.79. The Morgan fingerprint density at radius 2 is 2.14 bits per heavy atom. The number of aliphatic hydroxyl groups excluding tert-OH is 1. The third-order valence-electron chi connectivity index (χ3n) is 3.64. The first-order chi connectivity index (χ1) is 9.84. The molecule has 2 aliphatic heterocycles. The smallest absolute Gasteiger partial charge is 0.271 e. The van der Waals surface area contributed by atoms with Gasteiger partial charge in [0, 0.05) is 0 Å². The molecule has 1 amide bonds. The number of fused-ring (bicyclic) bond motifs is 1. The van der Waals surface area contributed by atoms with E-state index < -0.39 is 36.2 Å².